The summed E-state index contributed by atoms with van der Waals surface area (Å²) in [6, 6.07) is 3.86. The van der Waals surface area contributed by atoms with E-state index in [4.69, 9.17) is 11.1 Å². The highest BCUT2D eigenvalue weighted by Crippen LogP contribution is 2.27. The van der Waals surface area contributed by atoms with E-state index in [9.17, 15) is 0 Å². The second kappa shape index (κ2) is 5.20. The molecule has 0 spiro atoms. The van der Waals surface area contributed by atoms with E-state index in [2.05, 4.69) is 20.8 Å². The molecule has 0 aromatic heterocycles. The fourth-order valence-electron chi connectivity index (χ4n) is 1.37. The second-order valence-corrected chi connectivity index (χ2v) is 9.42. The molecule has 0 aromatic rings. The van der Waals surface area contributed by atoms with Crippen LogP contribution in [0, 0.1) is 0 Å². The zero-order valence-corrected chi connectivity index (χ0v) is 9.17. The van der Waals surface area contributed by atoms with Gasteiger partial charge in [0.05, 0.1) is 0 Å². The summed E-state index contributed by atoms with van der Waals surface area (Å²) in [6.07, 6.45) is 2.53. The quantitative estimate of drug-likeness (QED) is 0.441. The number of hydrogen-bond acceptors (Lipinski definition) is 0. The van der Waals surface area contributed by atoms with Crippen LogP contribution in [0.25, 0.3) is 0 Å². The molecule has 0 saturated heterocycles. The van der Waals surface area contributed by atoms with Crippen molar-refractivity contribution in [3.05, 3.63) is 0 Å². The average molecular weight is 179 g/mol. The van der Waals surface area contributed by atoms with Gasteiger partial charge in [0, 0.05) is 0 Å². The van der Waals surface area contributed by atoms with E-state index in [1.807, 2.05) is 0 Å². The molecule has 0 saturated carbocycles. The number of halogens is 1. The van der Waals surface area contributed by atoms with Gasteiger partial charge in [-0.1, -0.05) is 33.6 Å². The van der Waals surface area contributed by atoms with Crippen molar-refractivity contribution in [3.63, 3.8) is 0 Å². The summed E-state index contributed by atoms with van der Waals surface area (Å²) in [5.41, 5.74) is 0. The Kier molecular flexibility index (Phi) is 5.46. The van der Waals surface area contributed by atoms with Crippen molar-refractivity contribution in [3.8, 4) is 0 Å². The Morgan fingerprint density at radius 3 is 1.60 bits per heavy atom. The van der Waals surface area contributed by atoms with Crippen LogP contribution in [-0.2, 0) is 0 Å². The van der Waals surface area contributed by atoms with Crippen molar-refractivity contribution < 1.29 is 0 Å². The molecule has 62 valence electrons. The highest BCUT2D eigenvalue weighted by Gasteiger charge is 2.25. The van der Waals surface area contributed by atoms with Crippen molar-refractivity contribution in [1.82, 2.24) is 0 Å². The maximum atomic E-state index is 6.46. The van der Waals surface area contributed by atoms with Gasteiger partial charge in [0.1, 0.15) is 0 Å². The van der Waals surface area contributed by atoms with Gasteiger partial charge >= 0.3 is 0 Å². The standard InChI is InChI=1S/C8H19ClSi/c1-4-7-10(9,6-3)8-5-2/h4-8H2,1-3H3. The first-order valence-electron chi connectivity index (χ1n) is 4.37. The molecular formula is C8H19ClSi. The Balaban J connectivity index is 3.69. The first-order valence-corrected chi connectivity index (χ1v) is 8.00. The van der Waals surface area contributed by atoms with Gasteiger partial charge in [0.2, 0.25) is 0 Å². The van der Waals surface area contributed by atoms with Gasteiger partial charge in [-0.25, -0.2) is 0 Å². The van der Waals surface area contributed by atoms with Crippen LogP contribution < -0.4 is 0 Å². The molecule has 0 heterocycles. The third-order valence-corrected chi connectivity index (χ3v) is 8.02. The van der Waals surface area contributed by atoms with Gasteiger partial charge in [0.25, 0.3) is 0 Å². The summed E-state index contributed by atoms with van der Waals surface area (Å²) in [5, 5.41) is 0. The van der Waals surface area contributed by atoms with Crippen LogP contribution in [-0.4, -0.2) is 7.38 Å². The highest BCUT2D eigenvalue weighted by atomic mass is 35.6. The topological polar surface area (TPSA) is 0 Å². The molecule has 0 aliphatic rings. The fourth-order valence-corrected chi connectivity index (χ4v) is 5.26. The van der Waals surface area contributed by atoms with Crippen LogP contribution in [0.5, 0.6) is 0 Å². The zero-order valence-electron chi connectivity index (χ0n) is 7.41. The number of hydrogen-bond donors (Lipinski definition) is 0. The van der Waals surface area contributed by atoms with Gasteiger partial charge < -0.3 is 0 Å². The van der Waals surface area contributed by atoms with Gasteiger partial charge in [-0.15, -0.1) is 0 Å². The Morgan fingerprint density at radius 2 is 1.40 bits per heavy atom. The molecule has 0 unspecified atom stereocenters. The van der Waals surface area contributed by atoms with Crippen LogP contribution in [0.1, 0.15) is 33.6 Å². The van der Waals surface area contributed by atoms with Crippen LogP contribution in [0.3, 0.4) is 0 Å². The third-order valence-electron chi connectivity index (χ3n) is 2.03. The van der Waals surface area contributed by atoms with Crippen LogP contribution >= 0.6 is 11.1 Å². The minimum Gasteiger partial charge on any atom is -0.167 e. The molecule has 0 N–H and O–H groups in total. The van der Waals surface area contributed by atoms with Gasteiger partial charge in [-0.3, -0.25) is 0 Å². The number of rotatable bonds is 5. The Bertz CT molecular complexity index is 77.3. The summed E-state index contributed by atoms with van der Waals surface area (Å²) in [7, 11) is -1.25. The van der Waals surface area contributed by atoms with E-state index in [1.165, 1.54) is 31.0 Å². The molecule has 0 aromatic carbocycles. The van der Waals surface area contributed by atoms with Crippen molar-refractivity contribution in [1.29, 1.82) is 0 Å². The van der Waals surface area contributed by atoms with Crippen molar-refractivity contribution in [2.75, 3.05) is 0 Å². The lowest BCUT2D eigenvalue weighted by atomic mass is 10.6. The minimum absolute atomic E-state index is 1.25. The minimum atomic E-state index is -1.25. The Morgan fingerprint density at radius 1 is 1.00 bits per heavy atom. The van der Waals surface area contributed by atoms with E-state index in [1.54, 1.807) is 0 Å². The normalized spacial score (nSPS) is 12.0. The van der Waals surface area contributed by atoms with Gasteiger partial charge in [0.15, 0.2) is 7.38 Å². The molecule has 10 heavy (non-hydrogen) atoms. The van der Waals surface area contributed by atoms with E-state index in [-0.39, 0.29) is 0 Å². The molecular weight excluding hydrogens is 160 g/mol. The first kappa shape index (κ1) is 10.5. The second-order valence-electron chi connectivity index (χ2n) is 3.00. The molecule has 0 rings (SSSR count). The first-order chi connectivity index (χ1) is 4.68. The van der Waals surface area contributed by atoms with E-state index in [0.29, 0.717) is 0 Å². The fraction of sp³-hybridized carbons (Fsp3) is 1.00. The smallest absolute Gasteiger partial charge is 0.156 e. The lowest BCUT2D eigenvalue weighted by Crippen LogP contribution is -2.24. The monoisotopic (exact) mass is 178 g/mol. The summed E-state index contributed by atoms with van der Waals surface area (Å²) in [4.78, 5) is 0. The molecule has 0 aliphatic carbocycles. The zero-order chi connectivity index (χ0) is 8.04. The molecule has 0 fully saturated rings. The molecule has 0 amide bonds. The van der Waals surface area contributed by atoms with E-state index >= 15 is 0 Å². The molecule has 0 aliphatic heterocycles. The van der Waals surface area contributed by atoms with Crippen LogP contribution in [0.4, 0.5) is 0 Å². The molecule has 0 nitrogen and oxygen atoms in total. The SMILES string of the molecule is CCC[Si](Cl)(CC)CCC. The van der Waals surface area contributed by atoms with Gasteiger partial charge in [-0.2, -0.15) is 11.1 Å². The third kappa shape index (κ3) is 3.62. The maximum Gasteiger partial charge on any atom is 0.156 e. The summed E-state index contributed by atoms with van der Waals surface area (Å²) in [5.74, 6) is 0. The predicted molar refractivity (Wildman–Crippen MR) is 52.3 cm³/mol. The van der Waals surface area contributed by atoms with Crippen molar-refractivity contribution in [2.24, 2.45) is 0 Å². The largest absolute Gasteiger partial charge is 0.167 e. The summed E-state index contributed by atoms with van der Waals surface area (Å²) < 4.78 is 0. The van der Waals surface area contributed by atoms with Crippen molar-refractivity contribution in [2.45, 2.75) is 51.7 Å². The Labute approximate surface area is 70.7 Å². The molecule has 2 heteroatoms. The maximum absolute atomic E-state index is 6.46. The predicted octanol–water partition coefficient (Wildman–Crippen LogP) is 4.01. The van der Waals surface area contributed by atoms with Crippen LogP contribution in [0.2, 0.25) is 18.1 Å². The van der Waals surface area contributed by atoms with Gasteiger partial charge in [-0.05, 0) is 18.1 Å². The van der Waals surface area contributed by atoms with Crippen molar-refractivity contribution >= 4 is 18.5 Å². The van der Waals surface area contributed by atoms with E-state index in [0.717, 1.165) is 0 Å². The van der Waals surface area contributed by atoms with Crippen LogP contribution in [0.15, 0.2) is 0 Å². The summed E-state index contributed by atoms with van der Waals surface area (Å²) in [6.45, 7) is 6.70. The molecule has 0 bridgehead atoms. The lowest BCUT2D eigenvalue weighted by Gasteiger charge is -2.20. The Hall–Kier alpha value is 0.507. The lowest BCUT2D eigenvalue weighted by molar-refractivity contribution is 0.983. The average Bonchev–Trinajstić information content (AvgIpc) is 1.89. The van der Waals surface area contributed by atoms with E-state index < -0.39 is 7.38 Å². The molecule has 0 atom stereocenters. The molecule has 0 radical (unpaired) electrons. The summed E-state index contributed by atoms with van der Waals surface area (Å²) >= 11 is 6.46. The highest BCUT2D eigenvalue weighted by molar-refractivity contribution is 7.20.